The molecule has 2 N–H and O–H groups in total. The van der Waals surface area contributed by atoms with Crippen molar-refractivity contribution in [2.75, 3.05) is 13.1 Å². The van der Waals surface area contributed by atoms with Crippen molar-refractivity contribution < 1.29 is 19.8 Å². The highest BCUT2D eigenvalue weighted by molar-refractivity contribution is 7.13. The number of carboxylic acids is 2. The Kier molecular flexibility index (Phi) is 4.72. The molecule has 0 atom stereocenters. The first-order valence-corrected chi connectivity index (χ1v) is 7.50. The molecule has 1 aliphatic heterocycles. The Bertz CT molecular complexity index is 506. The monoisotopic (exact) mass is 298 g/mol. The maximum Gasteiger partial charge on any atom is 0.347 e. The minimum absolute atomic E-state index is 0.247. The fourth-order valence-electron chi connectivity index (χ4n) is 2.40. The normalized spacial score (nSPS) is 17.2. The maximum absolute atomic E-state index is 11.1. The number of carbonyl (C=O) groups is 2. The molecule has 1 aromatic rings. The smallest absolute Gasteiger partial charge is 0.347 e. The topological polar surface area (TPSA) is 90.7 Å². The van der Waals surface area contributed by atoms with Crippen LogP contribution < -0.4 is 0 Å². The fourth-order valence-corrected chi connectivity index (χ4v) is 3.44. The van der Waals surface area contributed by atoms with E-state index in [9.17, 15) is 9.59 Å². The number of aryl methyl sites for hydroxylation is 1. The van der Waals surface area contributed by atoms with E-state index < -0.39 is 11.9 Å². The van der Waals surface area contributed by atoms with Gasteiger partial charge in [0.1, 0.15) is 9.88 Å². The summed E-state index contributed by atoms with van der Waals surface area (Å²) >= 11 is 1.22. The van der Waals surface area contributed by atoms with Gasteiger partial charge in [0.25, 0.3) is 0 Å². The van der Waals surface area contributed by atoms with Crippen LogP contribution in [0.25, 0.3) is 0 Å². The lowest BCUT2D eigenvalue weighted by molar-refractivity contribution is -0.143. The van der Waals surface area contributed by atoms with Crippen LogP contribution in [0, 0.1) is 5.92 Å². The van der Waals surface area contributed by atoms with E-state index in [2.05, 4.69) is 9.88 Å². The Hall–Kier alpha value is -1.47. The Morgan fingerprint density at radius 3 is 2.45 bits per heavy atom. The minimum atomic E-state index is -0.921. The van der Waals surface area contributed by atoms with Gasteiger partial charge in [0.2, 0.25) is 0 Å². The quantitative estimate of drug-likeness (QED) is 0.860. The van der Waals surface area contributed by atoms with Crippen molar-refractivity contribution in [3.05, 3.63) is 15.6 Å². The van der Waals surface area contributed by atoms with Crippen LogP contribution >= 0.6 is 11.3 Å². The standard InChI is InChI=1S/C13H18N2O4S/c1-2-9-11(13(18)19)20-10(14-9)7-15-5-3-8(4-6-15)12(16)17/h8H,2-7H2,1H3,(H,16,17)(H,18,19). The maximum atomic E-state index is 11.1. The van der Waals surface area contributed by atoms with Gasteiger partial charge in [-0.15, -0.1) is 11.3 Å². The lowest BCUT2D eigenvalue weighted by Gasteiger charge is -2.29. The van der Waals surface area contributed by atoms with Gasteiger partial charge < -0.3 is 10.2 Å². The zero-order valence-corrected chi connectivity index (χ0v) is 12.2. The van der Waals surface area contributed by atoms with Gasteiger partial charge in [-0.3, -0.25) is 9.69 Å². The molecule has 1 aliphatic rings. The summed E-state index contributed by atoms with van der Waals surface area (Å²) in [6.45, 7) is 3.95. The molecule has 0 aromatic carbocycles. The molecule has 0 amide bonds. The highest BCUT2D eigenvalue weighted by Gasteiger charge is 2.25. The number of aromatic nitrogens is 1. The predicted molar refractivity (Wildman–Crippen MR) is 74.1 cm³/mol. The summed E-state index contributed by atoms with van der Waals surface area (Å²) in [5.41, 5.74) is 0.637. The number of carboxylic acid groups (broad SMARTS) is 2. The van der Waals surface area contributed by atoms with E-state index in [1.54, 1.807) is 0 Å². The van der Waals surface area contributed by atoms with Crippen LogP contribution in [0.2, 0.25) is 0 Å². The van der Waals surface area contributed by atoms with Crippen molar-refractivity contribution in [3.63, 3.8) is 0 Å². The van der Waals surface area contributed by atoms with Crippen molar-refractivity contribution in [2.45, 2.75) is 32.7 Å². The number of aliphatic carboxylic acids is 1. The highest BCUT2D eigenvalue weighted by Crippen LogP contribution is 2.23. The molecule has 0 radical (unpaired) electrons. The van der Waals surface area contributed by atoms with Crippen LogP contribution in [0.1, 0.15) is 40.1 Å². The van der Waals surface area contributed by atoms with E-state index in [1.807, 2.05) is 6.92 Å². The first-order chi connectivity index (χ1) is 9.51. The lowest BCUT2D eigenvalue weighted by atomic mass is 9.97. The summed E-state index contributed by atoms with van der Waals surface area (Å²) in [5.74, 6) is -1.89. The van der Waals surface area contributed by atoms with Gasteiger partial charge in [0.15, 0.2) is 0 Å². The van der Waals surface area contributed by atoms with Gasteiger partial charge >= 0.3 is 11.9 Å². The summed E-state index contributed by atoms with van der Waals surface area (Å²) < 4.78 is 0. The van der Waals surface area contributed by atoms with Crippen molar-refractivity contribution in [2.24, 2.45) is 5.92 Å². The molecular formula is C13H18N2O4S. The van der Waals surface area contributed by atoms with E-state index in [0.717, 1.165) is 18.1 Å². The van der Waals surface area contributed by atoms with E-state index in [1.165, 1.54) is 11.3 Å². The number of nitrogens with zero attached hydrogens (tertiary/aromatic N) is 2. The second-order valence-electron chi connectivity index (χ2n) is 4.93. The molecule has 1 saturated heterocycles. The van der Waals surface area contributed by atoms with E-state index in [-0.39, 0.29) is 5.92 Å². The van der Waals surface area contributed by atoms with Gasteiger partial charge in [-0.2, -0.15) is 0 Å². The third-order valence-corrected chi connectivity index (χ3v) is 4.64. The van der Waals surface area contributed by atoms with E-state index in [0.29, 0.717) is 36.4 Å². The van der Waals surface area contributed by atoms with Crippen molar-refractivity contribution in [1.82, 2.24) is 9.88 Å². The summed E-state index contributed by atoms with van der Waals surface area (Å²) in [5, 5.41) is 18.9. The molecular weight excluding hydrogens is 280 g/mol. The Labute approximate surface area is 121 Å². The highest BCUT2D eigenvalue weighted by atomic mass is 32.1. The molecule has 0 unspecified atom stereocenters. The molecule has 6 nitrogen and oxygen atoms in total. The van der Waals surface area contributed by atoms with Gasteiger partial charge in [-0.1, -0.05) is 6.92 Å². The zero-order valence-electron chi connectivity index (χ0n) is 11.3. The molecule has 0 bridgehead atoms. The second kappa shape index (κ2) is 6.32. The minimum Gasteiger partial charge on any atom is -0.481 e. The number of hydrogen-bond acceptors (Lipinski definition) is 5. The number of likely N-dealkylation sites (tertiary alicyclic amines) is 1. The third kappa shape index (κ3) is 3.34. The second-order valence-corrected chi connectivity index (χ2v) is 6.01. The van der Waals surface area contributed by atoms with Gasteiger partial charge in [0.05, 0.1) is 18.2 Å². The summed E-state index contributed by atoms with van der Waals surface area (Å²) in [7, 11) is 0. The van der Waals surface area contributed by atoms with Crippen LogP contribution in [-0.4, -0.2) is 45.1 Å². The number of rotatable bonds is 5. The van der Waals surface area contributed by atoms with Crippen molar-refractivity contribution in [3.8, 4) is 0 Å². The van der Waals surface area contributed by atoms with Gasteiger partial charge in [-0.05, 0) is 32.4 Å². The Morgan fingerprint density at radius 2 is 2.00 bits per heavy atom. The summed E-state index contributed by atoms with van der Waals surface area (Å²) in [4.78, 5) is 28.8. The predicted octanol–water partition coefficient (Wildman–Crippen LogP) is 1.70. The fraction of sp³-hybridized carbons (Fsp3) is 0.615. The first kappa shape index (κ1) is 14.9. The molecule has 7 heteroatoms. The van der Waals surface area contributed by atoms with E-state index >= 15 is 0 Å². The van der Waals surface area contributed by atoms with Crippen LogP contribution in [0.15, 0.2) is 0 Å². The number of piperidine rings is 1. The van der Waals surface area contributed by atoms with Crippen LogP contribution in [-0.2, 0) is 17.8 Å². The zero-order chi connectivity index (χ0) is 14.7. The molecule has 2 rings (SSSR count). The molecule has 0 aliphatic carbocycles. The van der Waals surface area contributed by atoms with Gasteiger partial charge in [-0.25, -0.2) is 9.78 Å². The number of aromatic carboxylic acids is 1. The number of hydrogen-bond donors (Lipinski definition) is 2. The van der Waals surface area contributed by atoms with Crippen LogP contribution in [0.3, 0.4) is 0 Å². The van der Waals surface area contributed by atoms with Crippen LogP contribution in [0.4, 0.5) is 0 Å². The molecule has 2 heterocycles. The average Bonchev–Trinajstić information content (AvgIpc) is 2.82. The molecule has 0 spiro atoms. The van der Waals surface area contributed by atoms with E-state index in [4.69, 9.17) is 10.2 Å². The molecule has 1 fully saturated rings. The molecule has 110 valence electrons. The molecule has 1 aromatic heterocycles. The van der Waals surface area contributed by atoms with Crippen LogP contribution in [0.5, 0.6) is 0 Å². The molecule has 0 saturated carbocycles. The summed E-state index contributed by atoms with van der Waals surface area (Å²) in [6.07, 6.45) is 1.90. The first-order valence-electron chi connectivity index (χ1n) is 6.68. The van der Waals surface area contributed by atoms with Crippen molar-refractivity contribution >= 4 is 23.3 Å². The largest absolute Gasteiger partial charge is 0.481 e. The Morgan fingerprint density at radius 1 is 1.35 bits per heavy atom. The lowest BCUT2D eigenvalue weighted by Crippen LogP contribution is -2.35. The SMILES string of the molecule is CCc1nc(CN2CCC(C(=O)O)CC2)sc1C(=O)O. The number of thiazole rings is 1. The van der Waals surface area contributed by atoms with Crippen molar-refractivity contribution in [1.29, 1.82) is 0 Å². The average molecular weight is 298 g/mol. The summed E-state index contributed by atoms with van der Waals surface area (Å²) in [6, 6.07) is 0. The van der Waals surface area contributed by atoms with Gasteiger partial charge in [0, 0.05) is 0 Å². The third-order valence-electron chi connectivity index (χ3n) is 3.57. The molecule has 20 heavy (non-hydrogen) atoms. The Balaban J connectivity index is 1.98.